The molecule has 1 heterocycles. The topological polar surface area (TPSA) is 61.9 Å². The Kier molecular flexibility index (Phi) is 6.27. The number of carbonyl (C=O) groups is 2. The highest BCUT2D eigenvalue weighted by Gasteiger charge is 2.27. The van der Waals surface area contributed by atoms with E-state index < -0.39 is 5.60 Å². The first-order valence-electron chi connectivity index (χ1n) is 8.81. The van der Waals surface area contributed by atoms with Gasteiger partial charge in [-0.1, -0.05) is 12.8 Å². The summed E-state index contributed by atoms with van der Waals surface area (Å²) in [7, 11) is 0. The van der Waals surface area contributed by atoms with Crippen molar-refractivity contribution in [2.45, 2.75) is 52.1 Å². The SMILES string of the molecule is CC(C)(C)OC(=O)N1CCN(C(=O)CNCC2CCCC2)CC1. The average Bonchev–Trinajstić information content (AvgIpc) is 2.99. The minimum absolute atomic E-state index is 0.131. The number of piperazine rings is 1. The molecule has 1 saturated carbocycles. The summed E-state index contributed by atoms with van der Waals surface area (Å²) in [5.41, 5.74) is -0.478. The van der Waals surface area contributed by atoms with Gasteiger partial charge in [-0.25, -0.2) is 4.79 Å². The number of hydrogen-bond donors (Lipinski definition) is 1. The second kappa shape index (κ2) is 7.99. The Balaban J connectivity index is 1.65. The monoisotopic (exact) mass is 325 g/mol. The summed E-state index contributed by atoms with van der Waals surface area (Å²) in [5, 5.41) is 3.29. The van der Waals surface area contributed by atoms with Crippen LogP contribution in [0, 0.1) is 5.92 Å². The molecule has 2 aliphatic rings. The molecule has 0 spiro atoms. The van der Waals surface area contributed by atoms with E-state index in [9.17, 15) is 9.59 Å². The molecule has 0 aromatic carbocycles. The van der Waals surface area contributed by atoms with Crippen molar-refractivity contribution in [3.05, 3.63) is 0 Å². The molecule has 0 aromatic heterocycles. The van der Waals surface area contributed by atoms with E-state index in [-0.39, 0.29) is 12.0 Å². The first-order chi connectivity index (χ1) is 10.8. The molecule has 0 atom stereocenters. The van der Waals surface area contributed by atoms with Gasteiger partial charge < -0.3 is 19.9 Å². The van der Waals surface area contributed by atoms with Gasteiger partial charge in [0.2, 0.25) is 5.91 Å². The highest BCUT2D eigenvalue weighted by molar-refractivity contribution is 5.78. The normalized spacial score (nSPS) is 20.0. The maximum atomic E-state index is 12.2. The zero-order chi connectivity index (χ0) is 16.9. The number of hydrogen-bond acceptors (Lipinski definition) is 4. The van der Waals surface area contributed by atoms with Gasteiger partial charge in [0.25, 0.3) is 0 Å². The van der Waals surface area contributed by atoms with Crippen molar-refractivity contribution in [2.24, 2.45) is 5.92 Å². The Bertz CT molecular complexity index is 406. The fourth-order valence-corrected chi connectivity index (χ4v) is 3.17. The minimum Gasteiger partial charge on any atom is -0.444 e. The van der Waals surface area contributed by atoms with Gasteiger partial charge in [-0.05, 0) is 46.1 Å². The van der Waals surface area contributed by atoms with Crippen molar-refractivity contribution >= 4 is 12.0 Å². The maximum Gasteiger partial charge on any atom is 0.410 e. The largest absolute Gasteiger partial charge is 0.444 e. The lowest BCUT2D eigenvalue weighted by molar-refractivity contribution is -0.132. The standard InChI is InChI=1S/C17H31N3O3/c1-17(2,3)23-16(22)20-10-8-19(9-11-20)15(21)13-18-12-14-6-4-5-7-14/h14,18H,4-13H2,1-3H3. The fraction of sp³-hybridized carbons (Fsp3) is 0.882. The lowest BCUT2D eigenvalue weighted by Crippen LogP contribution is -2.53. The molecule has 2 fully saturated rings. The van der Waals surface area contributed by atoms with Crippen LogP contribution in [0.4, 0.5) is 4.79 Å². The smallest absolute Gasteiger partial charge is 0.410 e. The third-order valence-electron chi connectivity index (χ3n) is 4.47. The van der Waals surface area contributed by atoms with Crippen LogP contribution in [0.25, 0.3) is 0 Å². The lowest BCUT2D eigenvalue weighted by atomic mass is 10.1. The van der Waals surface area contributed by atoms with Crippen LogP contribution >= 0.6 is 0 Å². The van der Waals surface area contributed by atoms with E-state index in [2.05, 4.69) is 5.32 Å². The summed E-state index contributed by atoms with van der Waals surface area (Å²) in [5.74, 6) is 0.874. The molecule has 0 aromatic rings. The number of ether oxygens (including phenoxy) is 1. The Morgan fingerprint density at radius 3 is 2.17 bits per heavy atom. The van der Waals surface area contributed by atoms with Crippen LogP contribution in [-0.4, -0.2) is 66.7 Å². The quantitative estimate of drug-likeness (QED) is 0.857. The molecule has 6 nitrogen and oxygen atoms in total. The van der Waals surface area contributed by atoms with Crippen LogP contribution < -0.4 is 5.32 Å². The second-order valence-corrected chi connectivity index (χ2v) is 7.63. The lowest BCUT2D eigenvalue weighted by Gasteiger charge is -2.35. The van der Waals surface area contributed by atoms with Gasteiger partial charge in [-0.2, -0.15) is 0 Å². The first kappa shape index (κ1) is 18.0. The molecule has 1 N–H and O–H groups in total. The molecule has 6 heteroatoms. The van der Waals surface area contributed by atoms with Crippen molar-refractivity contribution in [3.8, 4) is 0 Å². The molecule has 1 aliphatic heterocycles. The van der Waals surface area contributed by atoms with E-state index in [1.807, 2.05) is 25.7 Å². The average molecular weight is 325 g/mol. The predicted molar refractivity (Wildman–Crippen MR) is 89.2 cm³/mol. The maximum absolute atomic E-state index is 12.2. The molecule has 0 bridgehead atoms. The molecule has 2 rings (SSSR count). The minimum atomic E-state index is -0.478. The van der Waals surface area contributed by atoms with Crippen molar-refractivity contribution in [3.63, 3.8) is 0 Å². The summed E-state index contributed by atoms with van der Waals surface area (Å²) in [4.78, 5) is 27.7. The van der Waals surface area contributed by atoms with Gasteiger partial charge in [-0.15, -0.1) is 0 Å². The molecule has 23 heavy (non-hydrogen) atoms. The van der Waals surface area contributed by atoms with Gasteiger partial charge in [-0.3, -0.25) is 4.79 Å². The summed E-state index contributed by atoms with van der Waals surface area (Å²) >= 11 is 0. The molecule has 0 unspecified atom stereocenters. The Hall–Kier alpha value is -1.30. The van der Waals surface area contributed by atoms with E-state index in [4.69, 9.17) is 4.74 Å². The number of rotatable bonds is 4. The van der Waals surface area contributed by atoms with Gasteiger partial charge in [0, 0.05) is 26.2 Å². The summed E-state index contributed by atoms with van der Waals surface area (Å²) < 4.78 is 5.37. The van der Waals surface area contributed by atoms with Gasteiger partial charge in [0.1, 0.15) is 5.60 Å². The van der Waals surface area contributed by atoms with Crippen molar-refractivity contribution < 1.29 is 14.3 Å². The van der Waals surface area contributed by atoms with E-state index in [0.717, 1.165) is 12.5 Å². The van der Waals surface area contributed by atoms with Crippen LogP contribution in [0.15, 0.2) is 0 Å². The number of carbonyl (C=O) groups excluding carboxylic acids is 2. The molecule has 1 aliphatic carbocycles. The van der Waals surface area contributed by atoms with Crippen LogP contribution in [-0.2, 0) is 9.53 Å². The molecule has 1 saturated heterocycles. The number of nitrogens with zero attached hydrogens (tertiary/aromatic N) is 2. The fourth-order valence-electron chi connectivity index (χ4n) is 3.17. The van der Waals surface area contributed by atoms with E-state index in [1.165, 1.54) is 25.7 Å². The van der Waals surface area contributed by atoms with Crippen molar-refractivity contribution in [1.82, 2.24) is 15.1 Å². The van der Waals surface area contributed by atoms with Crippen LogP contribution in [0.1, 0.15) is 46.5 Å². The predicted octanol–water partition coefficient (Wildman–Crippen LogP) is 1.85. The van der Waals surface area contributed by atoms with Crippen molar-refractivity contribution in [1.29, 1.82) is 0 Å². The van der Waals surface area contributed by atoms with E-state index in [1.54, 1.807) is 4.90 Å². The van der Waals surface area contributed by atoms with Crippen LogP contribution in [0.3, 0.4) is 0 Å². The van der Waals surface area contributed by atoms with Crippen LogP contribution in [0.2, 0.25) is 0 Å². The highest BCUT2D eigenvalue weighted by atomic mass is 16.6. The zero-order valence-electron chi connectivity index (χ0n) is 14.8. The third kappa shape index (κ3) is 6.01. The van der Waals surface area contributed by atoms with E-state index >= 15 is 0 Å². The van der Waals surface area contributed by atoms with Crippen molar-refractivity contribution in [2.75, 3.05) is 39.3 Å². The Labute approximate surface area is 139 Å². The van der Waals surface area contributed by atoms with Gasteiger partial charge in [0.05, 0.1) is 6.54 Å². The van der Waals surface area contributed by atoms with Gasteiger partial charge in [0.15, 0.2) is 0 Å². The summed E-state index contributed by atoms with van der Waals surface area (Å²) in [6.45, 7) is 9.20. The molecule has 0 radical (unpaired) electrons. The molecular formula is C17H31N3O3. The van der Waals surface area contributed by atoms with E-state index in [0.29, 0.717) is 32.7 Å². The third-order valence-corrected chi connectivity index (χ3v) is 4.47. The molecular weight excluding hydrogens is 294 g/mol. The first-order valence-corrected chi connectivity index (χ1v) is 8.81. The summed E-state index contributed by atoms with van der Waals surface area (Å²) in [6.07, 6.45) is 4.94. The Morgan fingerprint density at radius 1 is 1.04 bits per heavy atom. The Morgan fingerprint density at radius 2 is 1.61 bits per heavy atom. The number of amides is 2. The second-order valence-electron chi connectivity index (χ2n) is 7.63. The number of nitrogens with one attached hydrogen (secondary N) is 1. The zero-order valence-corrected chi connectivity index (χ0v) is 14.8. The van der Waals surface area contributed by atoms with Crippen LogP contribution in [0.5, 0.6) is 0 Å². The summed E-state index contributed by atoms with van der Waals surface area (Å²) in [6, 6.07) is 0. The molecule has 2 amide bonds. The van der Waals surface area contributed by atoms with Gasteiger partial charge >= 0.3 is 6.09 Å². The highest BCUT2D eigenvalue weighted by Crippen LogP contribution is 2.23. The molecule has 132 valence electrons.